The summed E-state index contributed by atoms with van der Waals surface area (Å²) in [5.74, 6) is -1.30. The maximum absolute atomic E-state index is 12.7. The number of anilines is 1. The third kappa shape index (κ3) is 3.73. The number of aromatic nitrogens is 4. The van der Waals surface area contributed by atoms with Gasteiger partial charge in [-0.2, -0.15) is 0 Å². The van der Waals surface area contributed by atoms with E-state index in [1.165, 1.54) is 17.3 Å². The van der Waals surface area contributed by atoms with Crippen LogP contribution in [0.15, 0.2) is 59.3 Å². The van der Waals surface area contributed by atoms with Gasteiger partial charge in [-0.15, -0.1) is 0 Å². The predicted molar refractivity (Wildman–Crippen MR) is 113 cm³/mol. The highest BCUT2D eigenvalue weighted by Crippen LogP contribution is 2.33. The van der Waals surface area contributed by atoms with Crippen molar-refractivity contribution in [1.29, 1.82) is 0 Å². The third-order valence-corrected chi connectivity index (χ3v) is 4.87. The van der Waals surface area contributed by atoms with Crippen molar-refractivity contribution in [3.8, 4) is 11.3 Å². The van der Waals surface area contributed by atoms with Gasteiger partial charge in [-0.3, -0.25) is 15.2 Å². The van der Waals surface area contributed by atoms with Gasteiger partial charge in [0.05, 0.1) is 0 Å². The summed E-state index contributed by atoms with van der Waals surface area (Å²) in [6.07, 6.45) is -0.0430. The van der Waals surface area contributed by atoms with Gasteiger partial charge in [-0.25, -0.2) is 19.8 Å². The zero-order chi connectivity index (χ0) is 22.9. The Morgan fingerprint density at radius 1 is 1.12 bits per heavy atom. The molecule has 0 radical (unpaired) electrons. The molecule has 3 aromatic heterocycles. The number of hydrogen-bond donors (Lipinski definition) is 2. The van der Waals surface area contributed by atoms with Crippen LogP contribution < -0.4 is 10.4 Å². The lowest BCUT2D eigenvalue weighted by molar-refractivity contribution is -0.156. The molecule has 1 atom stereocenters. The average Bonchev–Trinajstić information content (AvgIpc) is 3.43. The number of aryl methyl sites for hydroxylation is 1. The molecule has 1 fully saturated rings. The predicted octanol–water partition coefficient (Wildman–Crippen LogP) is 1.76. The molecule has 1 saturated heterocycles. The maximum atomic E-state index is 12.7. The van der Waals surface area contributed by atoms with Gasteiger partial charge in [-0.1, -0.05) is 46.7 Å². The number of rotatable bonds is 5. The Morgan fingerprint density at radius 2 is 1.91 bits per heavy atom. The van der Waals surface area contributed by atoms with Gasteiger partial charge in [0.25, 0.3) is 5.91 Å². The summed E-state index contributed by atoms with van der Waals surface area (Å²) >= 11 is 0. The summed E-state index contributed by atoms with van der Waals surface area (Å²) in [4.78, 5) is 37.4. The molecule has 1 aromatic carbocycles. The molecule has 0 spiro atoms. The van der Waals surface area contributed by atoms with Crippen LogP contribution in [0, 0.1) is 6.92 Å². The number of carboxylic acids is 1. The minimum atomic E-state index is -1.50. The van der Waals surface area contributed by atoms with E-state index in [2.05, 4.69) is 25.5 Å². The number of hydrogen-bond acceptors (Lipinski definition) is 10. The van der Waals surface area contributed by atoms with E-state index >= 15 is 0 Å². The van der Waals surface area contributed by atoms with Crippen LogP contribution in [0.25, 0.3) is 22.4 Å². The molecule has 166 valence electrons. The largest absolute Gasteiger partial charge is 0.478 e. The van der Waals surface area contributed by atoms with Gasteiger partial charge in [-0.05, 0) is 19.1 Å². The number of nitrogens with zero attached hydrogens (tertiary/aromatic N) is 6. The molecule has 0 saturated carbocycles. The number of hydrazine groups is 2. The first-order chi connectivity index (χ1) is 16.0. The third-order valence-electron chi connectivity index (χ3n) is 4.87. The molecule has 1 aliphatic rings. The number of carbonyl (C=O) groups excluding carboxylic acids is 1. The van der Waals surface area contributed by atoms with Gasteiger partial charge >= 0.3 is 5.97 Å². The van der Waals surface area contributed by atoms with E-state index in [4.69, 9.17) is 9.26 Å². The molecule has 12 heteroatoms. The molecule has 0 bridgehead atoms. The van der Waals surface area contributed by atoms with E-state index in [-0.39, 0.29) is 18.2 Å². The van der Waals surface area contributed by atoms with Crippen molar-refractivity contribution in [2.45, 2.75) is 13.2 Å². The number of nitrogens with one attached hydrogen (secondary N) is 1. The van der Waals surface area contributed by atoms with E-state index in [1.54, 1.807) is 19.1 Å². The Balaban J connectivity index is 1.56. The number of aliphatic carboxylic acids is 1. The number of fused-ring (bicyclic) bond motifs is 1. The van der Waals surface area contributed by atoms with Gasteiger partial charge < -0.3 is 14.4 Å². The zero-order valence-corrected chi connectivity index (χ0v) is 17.2. The fourth-order valence-electron chi connectivity index (χ4n) is 3.41. The van der Waals surface area contributed by atoms with Crippen molar-refractivity contribution >= 4 is 28.8 Å². The quantitative estimate of drug-likeness (QED) is 0.461. The van der Waals surface area contributed by atoms with Crippen molar-refractivity contribution < 1.29 is 24.0 Å². The summed E-state index contributed by atoms with van der Waals surface area (Å²) in [6, 6.07) is 14.2. The van der Waals surface area contributed by atoms with E-state index < -0.39 is 18.1 Å². The van der Waals surface area contributed by atoms with E-state index in [9.17, 15) is 14.7 Å². The van der Waals surface area contributed by atoms with Crippen LogP contribution in [-0.4, -0.2) is 55.2 Å². The Kier molecular flexibility index (Phi) is 5.12. The van der Waals surface area contributed by atoms with Crippen LogP contribution in [0.5, 0.6) is 0 Å². The van der Waals surface area contributed by atoms with Crippen molar-refractivity contribution in [3.05, 3.63) is 66.2 Å². The molecular formula is C21H17N7O5. The summed E-state index contributed by atoms with van der Waals surface area (Å²) in [6.45, 7) is 1.51. The minimum Gasteiger partial charge on any atom is -0.478 e. The number of benzene rings is 1. The fraction of sp³-hybridized carbons (Fsp3) is 0.143. The molecule has 1 aliphatic heterocycles. The van der Waals surface area contributed by atoms with Gasteiger partial charge in [0.2, 0.25) is 17.6 Å². The van der Waals surface area contributed by atoms with Crippen molar-refractivity contribution in [2.75, 3.05) is 11.7 Å². The monoisotopic (exact) mass is 447 g/mol. The Labute approximate surface area is 186 Å². The lowest BCUT2D eigenvalue weighted by Gasteiger charge is -2.27. The number of carbonyl (C=O) groups is 2. The number of ether oxygens (including phenoxy) is 1. The molecule has 4 aromatic rings. The average molecular weight is 447 g/mol. The molecule has 2 N–H and O–H groups in total. The molecule has 0 aliphatic carbocycles. The van der Waals surface area contributed by atoms with Crippen molar-refractivity contribution in [1.82, 2.24) is 30.7 Å². The SMILES string of the molecule is Cc1nc(-c2ccccc2)c2onc(N3COC(C(=O)O)N3NC(=O)c3ccccn3)c2n1. The lowest BCUT2D eigenvalue weighted by Crippen LogP contribution is -2.55. The first-order valence-electron chi connectivity index (χ1n) is 9.85. The van der Waals surface area contributed by atoms with Crippen molar-refractivity contribution in [3.63, 3.8) is 0 Å². The van der Waals surface area contributed by atoms with Gasteiger partial charge in [0.15, 0.2) is 5.52 Å². The van der Waals surface area contributed by atoms with Crippen LogP contribution in [0.2, 0.25) is 0 Å². The Hall–Kier alpha value is -4.42. The molecule has 1 amide bonds. The zero-order valence-electron chi connectivity index (χ0n) is 17.2. The second-order valence-corrected chi connectivity index (χ2v) is 7.06. The second-order valence-electron chi connectivity index (χ2n) is 7.06. The summed E-state index contributed by atoms with van der Waals surface area (Å²) in [5, 5.41) is 16.0. The second kappa shape index (κ2) is 8.26. The number of carboxylic acid groups (broad SMARTS) is 1. The lowest BCUT2D eigenvalue weighted by atomic mass is 10.1. The van der Waals surface area contributed by atoms with Crippen molar-refractivity contribution in [2.24, 2.45) is 0 Å². The molecule has 4 heterocycles. The smallest absolute Gasteiger partial charge is 0.352 e. The first-order valence-corrected chi connectivity index (χ1v) is 9.85. The molecule has 12 nitrogen and oxygen atoms in total. The number of amides is 1. The summed E-state index contributed by atoms with van der Waals surface area (Å²) in [5.41, 5.74) is 4.62. The highest BCUT2D eigenvalue weighted by Gasteiger charge is 2.42. The molecule has 5 rings (SSSR count). The van der Waals surface area contributed by atoms with Crippen LogP contribution in [0.1, 0.15) is 16.3 Å². The first kappa shape index (κ1) is 20.5. The minimum absolute atomic E-state index is 0.100. The highest BCUT2D eigenvalue weighted by molar-refractivity contribution is 5.95. The number of pyridine rings is 1. The fourth-order valence-corrected chi connectivity index (χ4v) is 3.41. The molecular weight excluding hydrogens is 430 g/mol. The maximum Gasteiger partial charge on any atom is 0.352 e. The topological polar surface area (TPSA) is 147 Å². The molecule has 33 heavy (non-hydrogen) atoms. The van der Waals surface area contributed by atoms with Crippen LogP contribution in [0.3, 0.4) is 0 Å². The molecule has 1 unspecified atom stereocenters. The van der Waals surface area contributed by atoms with E-state index in [0.717, 1.165) is 10.7 Å². The normalized spacial score (nSPS) is 16.3. The van der Waals surface area contributed by atoms with E-state index in [1.807, 2.05) is 30.3 Å². The highest BCUT2D eigenvalue weighted by atomic mass is 16.6. The standard InChI is InChI=1S/C21H17N7O5/c1-12-23-15(13-7-3-2-4-8-13)17-16(24-12)18(26-33-17)27-11-32-20(21(30)31)28(27)25-19(29)14-9-5-6-10-22-14/h2-10,20H,11H2,1H3,(H,25,29)(H,30,31). The Morgan fingerprint density at radius 3 is 2.64 bits per heavy atom. The van der Waals surface area contributed by atoms with Crippen LogP contribution >= 0.6 is 0 Å². The van der Waals surface area contributed by atoms with Gasteiger partial charge in [0, 0.05) is 11.8 Å². The van der Waals surface area contributed by atoms with Crippen LogP contribution in [-0.2, 0) is 9.53 Å². The Bertz CT molecular complexity index is 1330. The summed E-state index contributed by atoms with van der Waals surface area (Å²) in [7, 11) is 0. The van der Waals surface area contributed by atoms with E-state index in [0.29, 0.717) is 22.6 Å². The van der Waals surface area contributed by atoms with Crippen LogP contribution in [0.4, 0.5) is 5.82 Å². The van der Waals surface area contributed by atoms with Gasteiger partial charge in [0.1, 0.15) is 23.9 Å². The summed E-state index contributed by atoms with van der Waals surface area (Å²) < 4.78 is 11.0.